The molecule has 4 aromatic rings. The summed E-state index contributed by atoms with van der Waals surface area (Å²) in [5.74, 6) is -0.149. The van der Waals surface area contributed by atoms with Crippen molar-refractivity contribution in [2.24, 2.45) is 7.05 Å². The fraction of sp³-hybridized carbons (Fsp3) is 0.200. The number of rotatable bonds is 4. The van der Waals surface area contributed by atoms with Crippen molar-refractivity contribution in [3.8, 4) is 11.3 Å². The van der Waals surface area contributed by atoms with Crippen molar-refractivity contribution < 1.29 is 13.2 Å². The van der Waals surface area contributed by atoms with E-state index in [2.05, 4.69) is 0 Å². The molecule has 1 aliphatic rings. The Bertz CT molecular complexity index is 1490. The minimum atomic E-state index is -3.59. The molecule has 1 amide bonds. The largest absolute Gasteiger partial charge is 0.356 e. The molecule has 0 aliphatic carbocycles. The number of sulfonamides is 1. The minimum Gasteiger partial charge on any atom is -0.356 e. The number of piperazine rings is 1. The molecule has 7 nitrogen and oxygen atoms in total. The van der Waals surface area contributed by atoms with Crippen LogP contribution in [-0.4, -0.2) is 59.3 Å². The van der Waals surface area contributed by atoms with Crippen LogP contribution < -0.4 is 0 Å². The molecule has 1 saturated heterocycles. The summed E-state index contributed by atoms with van der Waals surface area (Å²) in [6, 6.07) is 18.3. The van der Waals surface area contributed by atoms with Gasteiger partial charge in [0.1, 0.15) is 0 Å². The summed E-state index contributed by atoms with van der Waals surface area (Å²) in [5.41, 5.74) is 2.61. The summed E-state index contributed by atoms with van der Waals surface area (Å²) < 4.78 is 29.0. The molecule has 9 heteroatoms. The molecule has 2 aromatic carbocycles. The topological polar surface area (TPSA) is 75.5 Å². The fourth-order valence-corrected chi connectivity index (χ4v) is 5.95. The first-order valence-corrected chi connectivity index (χ1v) is 12.7. The Morgan fingerprint density at radius 3 is 2.38 bits per heavy atom. The molecule has 2 aromatic heterocycles. The molecule has 174 valence electrons. The summed E-state index contributed by atoms with van der Waals surface area (Å²) in [6.45, 7) is 1.10. The van der Waals surface area contributed by atoms with E-state index in [4.69, 9.17) is 16.6 Å². The fourth-order valence-electron chi connectivity index (χ4n) is 4.24. The lowest BCUT2D eigenvalue weighted by Gasteiger charge is -2.34. The van der Waals surface area contributed by atoms with E-state index >= 15 is 0 Å². The van der Waals surface area contributed by atoms with E-state index in [0.29, 0.717) is 34.9 Å². The van der Waals surface area contributed by atoms with Gasteiger partial charge in [-0.15, -0.1) is 0 Å². The van der Waals surface area contributed by atoms with Crippen LogP contribution in [0.15, 0.2) is 78.0 Å². The van der Waals surface area contributed by atoms with E-state index < -0.39 is 10.0 Å². The predicted molar refractivity (Wildman–Crippen MR) is 132 cm³/mol. The first kappa shape index (κ1) is 22.6. The second-order valence-electron chi connectivity index (χ2n) is 8.26. The highest BCUT2D eigenvalue weighted by Crippen LogP contribution is 2.30. The number of hydrogen-bond donors (Lipinski definition) is 0. The van der Waals surface area contributed by atoms with Crippen LogP contribution in [0.3, 0.4) is 0 Å². The van der Waals surface area contributed by atoms with Gasteiger partial charge in [0, 0.05) is 61.6 Å². The molecule has 0 N–H and O–H groups in total. The third kappa shape index (κ3) is 4.09. The molecule has 34 heavy (non-hydrogen) atoms. The van der Waals surface area contributed by atoms with E-state index in [1.807, 2.05) is 42.5 Å². The standard InChI is InChI=1S/C25H23ClN4O3S/c1-28-11-10-18(17-28)34(32,33)30-14-12-29(13-15-30)25(31)21-16-24(20-7-2-4-8-22(20)26)27-23-9-5-3-6-19(21)23/h2-11,16-17H,12-15H2,1H3. The molecule has 0 saturated carbocycles. The third-order valence-electron chi connectivity index (χ3n) is 6.06. The van der Waals surface area contributed by atoms with Gasteiger partial charge in [0.2, 0.25) is 10.0 Å². The normalized spacial score (nSPS) is 15.1. The minimum absolute atomic E-state index is 0.149. The van der Waals surface area contributed by atoms with Gasteiger partial charge >= 0.3 is 0 Å². The molecule has 0 radical (unpaired) electrons. The summed E-state index contributed by atoms with van der Waals surface area (Å²) in [6.07, 6.45) is 3.30. The highest BCUT2D eigenvalue weighted by Gasteiger charge is 2.31. The Hall–Kier alpha value is -3.20. The van der Waals surface area contributed by atoms with Crippen LogP contribution in [0.5, 0.6) is 0 Å². The summed E-state index contributed by atoms with van der Waals surface area (Å²) in [4.78, 5) is 20.3. The van der Waals surface area contributed by atoms with Gasteiger partial charge in [-0.05, 0) is 24.3 Å². The van der Waals surface area contributed by atoms with Gasteiger partial charge in [0.15, 0.2) is 0 Å². The maximum atomic E-state index is 13.6. The number of aromatic nitrogens is 2. The highest BCUT2D eigenvalue weighted by atomic mass is 35.5. The predicted octanol–water partition coefficient (Wildman–Crippen LogP) is 4.04. The van der Waals surface area contributed by atoms with Crippen molar-refractivity contribution in [1.82, 2.24) is 18.8 Å². The van der Waals surface area contributed by atoms with Crippen LogP contribution in [0, 0.1) is 0 Å². The molecule has 0 atom stereocenters. The second kappa shape index (κ2) is 8.87. The molecular formula is C25H23ClN4O3S. The van der Waals surface area contributed by atoms with Crippen LogP contribution in [0.25, 0.3) is 22.2 Å². The molecule has 0 unspecified atom stereocenters. The number of aryl methyl sites for hydroxylation is 1. The average Bonchev–Trinajstić information content (AvgIpc) is 3.30. The van der Waals surface area contributed by atoms with Crippen molar-refractivity contribution in [1.29, 1.82) is 0 Å². The number of carbonyl (C=O) groups is 1. The van der Waals surface area contributed by atoms with Crippen LogP contribution in [0.1, 0.15) is 10.4 Å². The number of nitrogens with zero attached hydrogens (tertiary/aromatic N) is 4. The van der Waals surface area contributed by atoms with E-state index in [9.17, 15) is 13.2 Å². The van der Waals surface area contributed by atoms with Gasteiger partial charge in [-0.25, -0.2) is 13.4 Å². The number of halogens is 1. The number of para-hydroxylation sites is 1. The number of pyridine rings is 1. The molecule has 5 rings (SSSR count). The van der Waals surface area contributed by atoms with Gasteiger partial charge in [0.05, 0.1) is 21.7 Å². The zero-order chi connectivity index (χ0) is 23.9. The SMILES string of the molecule is Cn1ccc(S(=O)(=O)N2CCN(C(=O)c3cc(-c4ccccc4Cl)nc4ccccc34)CC2)c1. The monoisotopic (exact) mass is 494 g/mol. The van der Waals surface area contributed by atoms with Crippen LogP contribution in [0.4, 0.5) is 0 Å². The number of benzene rings is 2. The number of amides is 1. The average molecular weight is 495 g/mol. The van der Waals surface area contributed by atoms with Gasteiger partial charge in [-0.1, -0.05) is 48.0 Å². The number of carbonyl (C=O) groups excluding carboxylic acids is 1. The first-order valence-electron chi connectivity index (χ1n) is 10.9. The third-order valence-corrected chi connectivity index (χ3v) is 8.28. The van der Waals surface area contributed by atoms with Crippen molar-refractivity contribution in [2.75, 3.05) is 26.2 Å². The summed E-state index contributed by atoms with van der Waals surface area (Å²) in [7, 11) is -1.80. The van der Waals surface area contributed by atoms with Crippen LogP contribution >= 0.6 is 11.6 Å². The smallest absolute Gasteiger partial charge is 0.254 e. The van der Waals surface area contributed by atoms with E-state index in [0.717, 1.165) is 10.9 Å². The lowest BCUT2D eigenvalue weighted by Crippen LogP contribution is -2.50. The number of hydrogen-bond acceptors (Lipinski definition) is 4. The molecule has 1 aliphatic heterocycles. The Morgan fingerprint density at radius 2 is 1.68 bits per heavy atom. The Labute approximate surface area is 203 Å². The highest BCUT2D eigenvalue weighted by molar-refractivity contribution is 7.89. The van der Waals surface area contributed by atoms with Gasteiger partial charge < -0.3 is 9.47 Å². The lowest BCUT2D eigenvalue weighted by molar-refractivity contribution is 0.0700. The summed E-state index contributed by atoms with van der Waals surface area (Å²) >= 11 is 6.40. The van der Waals surface area contributed by atoms with Crippen molar-refractivity contribution in [3.05, 3.63) is 83.6 Å². The van der Waals surface area contributed by atoms with Gasteiger partial charge in [0.25, 0.3) is 5.91 Å². The van der Waals surface area contributed by atoms with Crippen LogP contribution in [-0.2, 0) is 17.1 Å². The van der Waals surface area contributed by atoms with E-state index in [1.54, 1.807) is 47.1 Å². The first-order chi connectivity index (χ1) is 16.3. The summed E-state index contributed by atoms with van der Waals surface area (Å²) in [5, 5.41) is 1.31. The number of fused-ring (bicyclic) bond motifs is 1. The quantitative estimate of drug-likeness (QED) is 0.429. The van der Waals surface area contributed by atoms with Gasteiger partial charge in [-0.2, -0.15) is 4.31 Å². The molecule has 0 bridgehead atoms. The Morgan fingerprint density at radius 1 is 0.971 bits per heavy atom. The molecular weight excluding hydrogens is 472 g/mol. The molecule has 3 heterocycles. The Kier molecular flexibility index (Phi) is 5.89. The van der Waals surface area contributed by atoms with Crippen molar-refractivity contribution in [3.63, 3.8) is 0 Å². The zero-order valence-electron chi connectivity index (χ0n) is 18.6. The van der Waals surface area contributed by atoms with Crippen molar-refractivity contribution in [2.45, 2.75) is 4.90 Å². The van der Waals surface area contributed by atoms with E-state index in [1.165, 1.54) is 4.31 Å². The lowest BCUT2D eigenvalue weighted by atomic mass is 10.0. The van der Waals surface area contributed by atoms with Crippen molar-refractivity contribution >= 4 is 38.4 Å². The maximum absolute atomic E-state index is 13.6. The maximum Gasteiger partial charge on any atom is 0.254 e. The Balaban J connectivity index is 1.44. The van der Waals surface area contributed by atoms with Crippen LogP contribution in [0.2, 0.25) is 5.02 Å². The molecule has 1 fully saturated rings. The van der Waals surface area contributed by atoms with Gasteiger partial charge in [-0.3, -0.25) is 4.79 Å². The zero-order valence-corrected chi connectivity index (χ0v) is 20.1. The second-order valence-corrected chi connectivity index (χ2v) is 10.6. The molecule has 0 spiro atoms. The van der Waals surface area contributed by atoms with E-state index in [-0.39, 0.29) is 23.9 Å².